The summed E-state index contributed by atoms with van der Waals surface area (Å²) in [5.74, 6) is -0.210. The molecule has 1 aliphatic rings. The molecule has 0 radical (unpaired) electrons. The number of hydrogen-bond acceptors (Lipinski definition) is 11. The molecule has 0 aliphatic heterocycles. The highest BCUT2D eigenvalue weighted by Gasteiger charge is 2.29. The van der Waals surface area contributed by atoms with Crippen molar-refractivity contribution in [3.63, 3.8) is 0 Å². The first-order valence-corrected chi connectivity index (χ1v) is 16.8. The van der Waals surface area contributed by atoms with Crippen LogP contribution in [0.25, 0.3) is 33.0 Å². The van der Waals surface area contributed by atoms with Crippen molar-refractivity contribution in [1.82, 2.24) is 4.98 Å². The molecule has 1 N–H and O–H groups in total. The van der Waals surface area contributed by atoms with Gasteiger partial charge in [-0.3, -0.25) is 4.79 Å². The Balaban J connectivity index is 1.27. The molecule has 12 heteroatoms. The number of aromatic nitrogens is 1. The highest BCUT2D eigenvalue weighted by Crippen LogP contribution is 2.42. The Morgan fingerprint density at radius 3 is 2.33 bits per heavy atom. The molecular formula is C36H32N2O8S2. The van der Waals surface area contributed by atoms with E-state index in [-0.39, 0.29) is 12.2 Å². The van der Waals surface area contributed by atoms with Crippen LogP contribution < -0.4 is 19.5 Å². The van der Waals surface area contributed by atoms with Crippen LogP contribution in [0, 0.1) is 0 Å². The van der Waals surface area contributed by atoms with Crippen molar-refractivity contribution < 1.29 is 38.1 Å². The maximum absolute atomic E-state index is 13.7. The number of nitrogens with one attached hydrogen (secondary N) is 1. The number of anilines is 1. The second-order valence-corrected chi connectivity index (χ2v) is 12.5. The largest absolute Gasteiger partial charge is 0.493 e. The van der Waals surface area contributed by atoms with E-state index in [0.717, 1.165) is 21.6 Å². The van der Waals surface area contributed by atoms with Crippen LogP contribution in [-0.4, -0.2) is 57.4 Å². The van der Waals surface area contributed by atoms with Crippen LogP contribution in [-0.2, 0) is 20.7 Å². The number of carbonyl (C=O) groups is 3. The molecule has 48 heavy (non-hydrogen) atoms. The number of para-hydroxylation sites is 1. The number of nitrogens with zero attached hydrogens (tertiary/aromatic N) is 1. The second kappa shape index (κ2) is 14.3. The van der Waals surface area contributed by atoms with Crippen LogP contribution in [0.2, 0.25) is 0 Å². The molecule has 0 fully saturated rings. The molecule has 5 aromatic rings. The van der Waals surface area contributed by atoms with E-state index in [1.54, 1.807) is 33.6 Å². The number of methoxy groups -OCH3 is 3. The lowest BCUT2D eigenvalue weighted by atomic mass is 10.0. The Kier molecular flexibility index (Phi) is 9.74. The summed E-state index contributed by atoms with van der Waals surface area (Å²) in [6.45, 7) is 1.36. The molecular weight excluding hydrogens is 653 g/mol. The van der Waals surface area contributed by atoms with Gasteiger partial charge in [0, 0.05) is 21.2 Å². The number of pyridine rings is 1. The van der Waals surface area contributed by atoms with Crippen LogP contribution in [0.15, 0.2) is 59.3 Å². The lowest BCUT2D eigenvalue weighted by Gasteiger charge is -2.14. The Morgan fingerprint density at radius 2 is 1.65 bits per heavy atom. The minimum atomic E-state index is -0.634. The van der Waals surface area contributed by atoms with Gasteiger partial charge in [0.15, 0.2) is 18.1 Å². The molecule has 1 aliphatic carbocycles. The van der Waals surface area contributed by atoms with Crippen molar-refractivity contribution in [1.29, 1.82) is 0 Å². The quantitative estimate of drug-likeness (QED) is 0.141. The van der Waals surface area contributed by atoms with E-state index in [2.05, 4.69) is 5.32 Å². The standard InChI is InChI=1S/C36H32N2O8S2/c1-5-45-36(41)31-24(28-11-8-14-47-28)19-48-34(31)38-29(39)18-46-35(40)30-22-9-6-7-10-25(22)37-32-21(12-13-23(30)32)15-20-16-26(42-2)33(44-4)27(17-20)43-3/h6-11,14-17,19H,5,12-13,18H2,1-4H3,(H,38,39)/b21-15-. The number of esters is 2. The number of thiophene rings is 2. The molecule has 246 valence electrons. The molecule has 10 nitrogen and oxygen atoms in total. The average Bonchev–Trinajstić information content (AvgIpc) is 3.86. The molecule has 0 bridgehead atoms. The lowest BCUT2D eigenvalue weighted by Crippen LogP contribution is -2.22. The van der Waals surface area contributed by atoms with Gasteiger partial charge in [-0.15, -0.1) is 22.7 Å². The number of ether oxygens (including phenoxy) is 5. The molecule has 0 atom stereocenters. The zero-order chi connectivity index (χ0) is 33.8. The van der Waals surface area contributed by atoms with Crippen LogP contribution >= 0.6 is 22.7 Å². The van der Waals surface area contributed by atoms with E-state index in [9.17, 15) is 14.4 Å². The number of rotatable bonds is 11. The topological polar surface area (TPSA) is 122 Å². The van der Waals surface area contributed by atoms with Crippen LogP contribution in [0.3, 0.4) is 0 Å². The smallest absolute Gasteiger partial charge is 0.341 e. The lowest BCUT2D eigenvalue weighted by molar-refractivity contribution is -0.119. The maximum atomic E-state index is 13.7. The average molecular weight is 685 g/mol. The summed E-state index contributed by atoms with van der Waals surface area (Å²) >= 11 is 2.69. The van der Waals surface area contributed by atoms with Crippen molar-refractivity contribution >= 4 is 68.1 Å². The minimum Gasteiger partial charge on any atom is -0.493 e. The minimum absolute atomic E-state index is 0.188. The molecule has 2 aromatic carbocycles. The van der Waals surface area contributed by atoms with Gasteiger partial charge >= 0.3 is 11.9 Å². The molecule has 1 amide bonds. The summed E-state index contributed by atoms with van der Waals surface area (Å²) in [6.07, 6.45) is 3.19. The highest BCUT2D eigenvalue weighted by atomic mass is 32.1. The Labute approximate surface area is 284 Å². The van der Waals surface area contributed by atoms with Crippen molar-refractivity contribution in [2.24, 2.45) is 0 Å². The van der Waals surface area contributed by atoms with Crippen molar-refractivity contribution in [3.05, 3.63) is 87.2 Å². The van der Waals surface area contributed by atoms with Gasteiger partial charge in [-0.25, -0.2) is 14.6 Å². The van der Waals surface area contributed by atoms with E-state index in [0.29, 0.717) is 62.8 Å². The fourth-order valence-electron chi connectivity index (χ4n) is 5.73. The van der Waals surface area contributed by atoms with Gasteiger partial charge < -0.3 is 29.0 Å². The molecule has 0 saturated carbocycles. The third kappa shape index (κ3) is 6.36. The fraction of sp³-hybridized carbons (Fsp3) is 0.222. The molecule has 0 spiro atoms. The molecule has 3 aromatic heterocycles. The van der Waals surface area contributed by atoms with Gasteiger partial charge in [0.2, 0.25) is 5.75 Å². The SMILES string of the molecule is CCOC(=O)c1c(-c2cccs2)csc1NC(=O)COC(=O)c1c2c(nc3ccccc13)/C(=C\c1cc(OC)c(OC)c(OC)c1)CC2. The number of hydrogen-bond donors (Lipinski definition) is 1. The van der Waals surface area contributed by atoms with Crippen LogP contribution in [0.4, 0.5) is 5.00 Å². The fourth-order valence-corrected chi connectivity index (χ4v) is 7.52. The zero-order valence-corrected chi connectivity index (χ0v) is 28.3. The van der Waals surface area contributed by atoms with Gasteiger partial charge in [0.25, 0.3) is 5.91 Å². The molecule has 3 heterocycles. The Morgan fingerprint density at radius 1 is 0.896 bits per heavy atom. The number of benzene rings is 2. The highest BCUT2D eigenvalue weighted by molar-refractivity contribution is 7.17. The first-order valence-electron chi connectivity index (χ1n) is 15.1. The van der Waals surface area contributed by atoms with Crippen molar-refractivity contribution in [2.75, 3.05) is 39.9 Å². The summed E-state index contributed by atoms with van der Waals surface area (Å²) in [5.41, 5.74) is 5.15. The third-order valence-electron chi connectivity index (χ3n) is 7.82. The maximum Gasteiger partial charge on any atom is 0.341 e. The number of fused-ring (bicyclic) bond motifs is 2. The van der Waals surface area contributed by atoms with Gasteiger partial charge in [0.05, 0.1) is 44.7 Å². The van der Waals surface area contributed by atoms with Crippen molar-refractivity contribution in [2.45, 2.75) is 19.8 Å². The van der Waals surface area contributed by atoms with Gasteiger partial charge in [-0.2, -0.15) is 0 Å². The van der Waals surface area contributed by atoms with Gasteiger partial charge in [-0.1, -0.05) is 24.3 Å². The Bertz CT molecular complexity index is 2020. The summed E-state index contributed by atoms with van der Waals surface area (Å²) in [5, 5.41) is 7.42. The van der Waals surface area contributed by atoms with Crippen molar-refractivity contribution in [3.8, 4) is 27.7 Å². The van der Waals surface area contributed by atoms with Gasteiger partial charge in [0.1, 0.15) is 10.6 Å². The monoisotopic (exact) mass is 684 g/mol. The number of allylic oxidation sites excluding steroid dienone is 1. The van der Waals surface area contributed by atoms with E-state index >= 15 is 0 Å². The molecule has 6 rings (SSSR count). The van der Waals surface area contributed by atoms with E-state index in [1.165, 1.54) is 22.7 Å². The Hall–Kier alpha value is -5.20. The van der Waals surface area contributed by atoms with Gasteiger partial charge in [-0.05, 0) is 72.2 Å². The van der Waals surface area contributed by atoms with Crippen LogP contribution in [0.1, 0.15) is 50.9 Å². The second-order valence-electron chi connectivity index (χ2n) is 10.6. The van der Waals surface area contributed by atoms with E-state index < -0.39 is 24.5 Å². The number of amides is 1. The van der Waals surface area contributed by atoms with E-state index in [1.807, 2.05) is 60.0 Å². The van der Waals surface area contributed by atoms with E-state index in [4.69, 9.17) is 28.7 Å². The molecule has 0 unspecified atom stereocenters. The first-order chi connectivity index (χ1) is 23.4. The summed E-state index contributed by atoms with van der Waals surface area (Å²) in [6, 6.07) is 14.8. The number of carbonyl (C=O) groups excluding carboxylic acids is 3. The first kappa shape index (κ1) is 32.7. The summed E-state index contributed by atoms with van der Waals surface area (Å²) < 4.78 is 27.4. The molecule has 0 saturated heterocycles. The van der Waals surface area contributed by atoms with Crippen LogP contribution in [0.5, 0.6) is 17.2 Å². The third-order valence-corrected chi connectivity index (χ3v) is 9.62. The summed E-state index contributed by atoms with van der Waals surface area (Å²) in [7, 11) is 4.68. The predicted octanol–water partition coefficient (Wildman–Crippen LogP) is 7.51. The summed E-state index contributed by atoms with van der Waals surface area (Å²) in [4.78, 5) is 45.5. The normalized spacial score (nSPS) is 12.9. The predicted molar refractivity (Wildman–Crippen MR) is 187 cm³/mol. The zero-order valence-electron chi connectivity index (χ0n) is 26.7.